The Kier molecular flexibility index (Phi) is 3.65. The normalized spacial score (nSPS) is 15.6. The number of amides is 1. The third-order valence-electron chi connectivity index (χ3n) is 1.52. The van der Waals surface area contributed by atoms with Crippen LogP contribution < -0.4 is 11.1 Å². The van der Waals surface area contributed by atoms with Crippen LogP contribution in [0.4, 0.5) is 0 Å². The number of likely N-dealkylation sites (N-methyl/N-ethyl adjacent to an activating group) is 1. The maximum absolute atomic E-state index is 11.5. The van der Waals surface area contributed by atoms with E-state index in [1.165, 1.54) is 14.0 Å². The zero-order valence-electron chi connectivity index (χ0n) is 9.30. The minimum Gasteiger partial charge on any atom is -0.458 e. The molecule has 0 aliphatic carbocycles. The molecule has 0 radical (unpaired) electrons. The predicted molar refractivity (Wildman–Crippen MR) is 52.5 cm³/mol. The third kappa shape index (κ3) is 3.33. The highest BCUT2D eigenvalue weighted by Crippen LogP contribution is 2.12. The molecule has 0 saturated heterocycles. The summed E-state index contributed by atoms with van der Waals surface area (Å²) in [5, 5.41) is 2.31. The number of nitrogens with two attached hydrogens (primary N) is 1. The van der Waals surface area contributed by atoms with Crippen LogP contribution in [0.5, 0.6) is 0 Å². The van der Waals surface area contributed by atoms with Gasteiger partial charge in [0.05, 0.1) is 0 Å². The maximum atomic E-state index is 11.5. The molecule has 5 heteroatoms. The zero-order chi connectivity index (χ0) is 11.6. The summed E-state index contributed by atoms with van der Waals surface area (Å²) < 4.78 is 5.00. The minimum atomic E-state index is -1.64. The van der Waals surface area contributed by atoms with Crippen molar-refractivity contribution in [1.29, 1.82) is 0 Å². The highest BCUT2D eigenvalue weighted by Gasteiger charge is 2.39. The topological polar surface area (TPSA) is 81.4 Å². The monoisotopic (exact) mass is 202 g/mol. The van der Waals surface area contributed by atoms with E-state index in [1.54, 1.807) is 20.8 Å². The van der Waals surface area contributed by atoms with Crippen LogP contribution in [-0.4, -0.2) is 30.1 Å². The Morgan fingerprint density at radius 3 is 1.93 bits per heavy atom. The largest absolute Gasteiger partial charge is 0.458 e. The summed E-state index contributed by atoms with van der Waals surface area (Å²) in [4.78, 5) is 22.7. The molecule has 0 rings (SSSR count). The first-order chi connectivity index (χ1) is 6.11. The van der Waals surface area contributed by atoms with Crippen LogP contribution in [-0.2, 0) is 14.3 Å². The van der Waals surface area contributed by atoms with Crippen LogP contribution in [0.15, 0.2) is 0 Å². The number of nitrogens with one attached hydrogen (secondary N) is 1. The van der Waals surface area contributed by atoms with Crippen molar-refractivity contribution in [2.24, 2.45) is 5.73 Å². The lowest BCUT2D eigenvalue weighted by Crippen LogP contribution is -2.58. The van der Waals surface area contributed by atoms with Crippen molar-refractivity contribution >= 4 is 11.9 Å². The molecular weight excluding hydrogens is 184 g/mol. The Labute approximate surface area is 84.0 Å². The number of carbonyl (C=O) groups is 2. The van der Waals surface area contributed by atoms with Gasteiger partial charge in [-0.25, -0.2) is 4.79 Å². The van der Waals surface area contributed by atoms with E-state index in [2.05, 4.69) is 5.32 Å². The van der Waals surface area contributed by atoms with Gasteiger partial charge in [-0.05, 0) is 27.7 Å². The number of ether oxygens (including phenoxy) is 1. The minimum absolute atomic E-state index is 0.563. The van der Waals surface area contributed by atoms with Crippen LogP contribution >= 0.6 is 0 Å². The summed E-state index contributed by atoms with van der Waals surface area (Å²) in [7, 11) is 1.41. The van der Waals surface area contributed by atoms with Gasteiger partial charge >= 0.3 is 5.97 Å². The molecule has 3 N–H and O–H groups in total. The van der Waals surface area contributed by atoms with E-state index in [4.69, 9.17) is 10.5 Å². The standard InChI is InChI=1S/C9H18N2O3/c1-8(2,3)14-7(13)9(4,10)6(12)11-5/h10H2,1-5H3,(H,11,12)/t9-/m0/s1. The lowest BCUT2D eigenvalue weighted by atomic mass is 10.0. The molecule has 0 saturated carbocycles. The molecule has 0 heterocycles. The quantitative estimate of drug-likeness (QED) is 0.479. The van der Waals surface area contributed by atoms with Gasteiger partial charge in [-0.1, -0.05) is 0 Å². The molecule has 0 aliphatic rings. The molecule has 1 atom stereocenters. The predicted octanol–water partition coefficient (Wildman–Crippen LogP) is -0.208. The van der Waals surface area contributed by atoms with Gasteiger partial charge in [-0.3, -0.25) is 4.79 Å². The van der Waals surface area contributed by atoms with Crippen molar-refractivity contribution in [2.45, 2.75) is 38.8 Å². The van der Waals surface area contributed by atoms with Crippen molar-refractivity contribution in [3.63, 3.8) is 0 Å². The number of carbonyl (C=O) groups excluding carboxylic acids is 2. The third-order valence-corrected chi connectivity index (χ3v) is 1.52. The first-order valence-electron chi connectivity index (χ1n) is 4.36. The van der Waals surface area contributed by atoms with E-state index >= 15 is 0 Å². The van der Waals surface area contributed by atoms with Gasteiger partial charge in [0.1, 0.15) is 5.60 Å². The van der Waals surface area contributed by atoms with Crippen molar-refractivity contribution in [3.05, 3.63) is 0 Å². The van der Waals surface area contributed by atoms with E-state index in [-0.39, 0.29) is 0 Å². The lowest BCUT2D eigenvalue weighted by molar-refractivity contribution is -0.163. The van der Waals surface area contributed by atoms with Crippen LogP contribution in [0, 0.1) is 0 Å². The molecule has 14 heavy (non-hydrogen) atoms. The number of hydrogen-bond acceptors (Lipinski definition) is 4. The Morgan fingerprint density at radius 1 is 1.21 bits per heavy atom. The van der Waals surface area contributed by atoms with Gasteiger partial charge in [0, 0.05) is 7.05 Å². The van der Waals surface area contributed by atoms with Gasteiger partial charge in [0.25, 0.3) is 5.91 Å². The summed E-state index contributed by atoms with van der Waals surface area (Å²) in [6, 6.07) is 0. The SMILES string of the molecule is CNC(=O)[C@](C)(N)C(=O)OC(C)(C)C. The van der Waals surface area contributed by atoms with E-state index in [0.717, 1.165) is 0 Å². The average molecular weight is 202 g/mol. The Hall–Kier alpha value is -1.10. The fraction of sp³-hybridized carbons (Fsp3) is 0.778. The lowest BCUT2D eigenvalue weighted by Gasteiger charge is -2.26. The van der Waals surface area contributed by atoms with Gasteiger partial charge in [-0.2, -0.15) is 0 Å². The molecule has 0 aromatic carbocycles. The number of rotatable bonds is 2. The van der Waals surface area contributed by atoms with Crippen LogP contribution in [0.1, 0.15) is 27.7 Å². The molecule has 5 nitrogen and oxygen atoms in total. The molecule has 82 valence electrons. The van der Waals surface area contributed by atoms with Gasteiger partial charge < -0.3 is 15.8 Å². The Bertz CT molecular complexity index is 241. The highest BCUT2D eigenvalue weighted by molar-refractivity contribution is 6.06. The average Bonchev–Trinajstić information content (AvgIpc) is 1.99. The summed E-state index contributed by atoms with van der Waals surface area (Å²) in [5.41, 5.74) is 3.25. The zero-order valence-corrected chi connectivity index (χ0v) is 9.30. The van der Waals surface area contributed by atoms with Crippen LogP contribution in [0.25, 0.3) is 0 Å². The summed E-state index contributed by atoms with van der Waals surface area (Å²) in [6.45, 7) is 6.46. The second-order valence-corrected chi connectivity index (χ2v) is 4.28. The molecule has 0 spiro atoms. The molecule has 0 aromatic heterocycles. The second kappa shape index (κ2) is 3.96. The van der Waals surface area contributed by atoms with Gasteiger partial charge in [0.2, 0.25) is 0 Å². The maximum Gasteiger partial charge on any atom is 0.336 e. The fourth-order valence-corrected chi connectivity index (χ4v) is 0.736. The van der Waals surface area contributed by atoms with Crippen molar-refractivity contribution < 1.29 is 14.3 Å². The van der Waals surface area contributed by atoms with Gasteiger partial charge in [-0.15, -0.1) is 0 Å². The molecule has 0 aliphatic heterocycles. The first kappa shape index (κ1) is 12.9. The summed E-state index contributed by atoms with van der Waals surface area (Å²) in [5.74, 6) is -1.30. The molecule has 0 unspecified atom stereocenters. The number of esters is 1. The van der Waals surface area contributed by atoms with Crippen molar-refractivity contribution in [2.75, 3.05) is 7.05 Å². The van der Waals surface area contributed by atoms with Gasteiger partial charge in [0.15, 0.2) is 5.54 Å². The van der Waals surface area contributed by atoms with Crippen LogP contribution in [0.3, 0.4) is 0 Å². The summed E-state index contributed by atoms with van der Waals surface area (Å²) >= 11 is 0. The first-order valence-corrected chi connectivity index (χ1v) is 4.36. The van der Waals surface area contributed by atoms with E-state index in [0.29, 0.717) is 0 Å². The molecule has 0 aromatic rings. The van der Waals surface area contributed by atoms with E-state index in [1.807, 2.05) is 0 Å². The van der Waals surface area contributed by atoms with E-state index in [9.17, 15) is 9.59 Å². The smallest absolute Gasteiger partial charge is 0.336 e. The fourth-order valence-electron chi connectivity index (χ4n) is 0.736. The molecule has 0 fully saturated rings. The van der Waals surface area contributed by atoms with Crippen molar-refractivity contribution in [3.8, 4) is 0 Å². The molecular formula is C9H18N2O3. The second-order valence-electron chi connectivity index (χ2n) is 4.28. The Morgan fingerprint density at radius 2 is 1.64 bits per heavy atom. The summed E-state index contributed by atoms with van der Waals surface area (Å²) in [6.07, 6.45) is 0. The van der Waals surface area contributed by atoms with Crippen LogP contribution in [0.2, 0.25) is 0 Å². The van der Waals surface area contributed by atoms with E-state index < -0.39 is 23.0 Å². The number of hydrogen-bond donors (Lipinski definition) is 2. The van der Waals surface area contributed by atoms with Crippen molar-refractivity contribution in [1.82, 2.24) is 5.32 Å². The Balaban J connectivity index is 4.60. The molecule has 0 bridgehead atoms. The highest BCUT2D eigenvalue weighted by atomic mass is 16.6. The molecule has 1 amide bonds.